The lowest BCUT2D eigenvalue weighted by Gasteiger charge is -2.24. The SMILES string of the molecule is COC(=O)c1ccc([C@H]2NN(C)[C@@H]3C(=O)N(C(C)C)C(=O)[C@@H]23)cc1. The maximum atomic E-state index is 12.8. The molecular weight excluding hydrogens is 310 g/mol. The molecule has 2 saturated heterocycles. The van der Waals surface area contributed by atoms with Gasteiger partial charge in [-0.05, 0) is 31.5 Å². The average Bonchev–Trinajstić information content (AvgIpc) is 3.03. The van der Waals surface area contributed by atoms with Crippen molar-refractivity contribution in [2.45, 2.75) is 32.0 Å². The smallest absolute Gasteiger partial charge is 0.337 e. The number of hydrazine groups is 1. The molecule has 0 saturated carbocycles. The third-order valence-corrected chi connectivity index (χ3v) is 4.68. The molecule has 2 heterocycles. The Hall–Kier alpha value is -2.25. The summed E-state index contributed by atoms with van der Waals surface area (Å²) in [5.74, 6) is -1.19. The van der Waals surface area contributed by atoms with Crippen molar-refractivity contribution in [2.75, 3.05) is 14.2 Å². The van der Waals surface area contributed by atoms with Crippen LogP contribution in [0, 0.1) is 5.92 Å². The molecule has 2 fully saturated rings. The fraction of sp³-hybridized carbons (Fsp3) is 0.471. The third-order valence-electron chi connectivity index (χ3n) is 4.68. The number of carbonyl (C=O) groups excluding carboxylic acids is 3. The summed E-state index contributed by atoms with van der Waals surface area (Å²) >= 11 is 0. The number of benzene rings is 1. The van der Waals surface area contributed by atoms with Gasteiger partial charge in [0.05, 0.1) is 24.6 Å². The van der Waals surface area contributed by atoms with Crippen LogP contribution in [0.2, 0.25) is 0 Å². The van der Waals surface area contributed by atoms with Crippen LogP contribution in [0.25, 0.3) is 0 Å². The van der Waals surface area contributed by atoms with Gasteiger partial charge in [0.15, 0.2) is 0 Å². The second-order valence-corrected chi connectivity index (χ2v) is 6.44. The minimum Gasteiger partial charge on any atom is -0.465 e. The summed E-state index contributed by atoms with van der Waals surface area (Å²) in [7, 11) is 3.10. The minimum atomic E-state index is -0.495. The number of fused-ring (bicyclic) bond motifs is 1. The number of ether oxygens (including phenoxy) is 1. The zero-order valence-electron chi connectivity index (χ0n) is 14.1. The molecule has 1 aromatic rings. The van der Waals surface area contributed by atoms with Crippen LogP contribution in [0.4, 0.5) is 0 Å². The van der Waals surface area contributed by atoms with E-state index in [9.17, 15) is 14.4 Å². The number of nitrogens with one attached hydrogen (secondary N) is 1. The van der Waals surface area contributed by atoms with Crippen molar-refractivity contribution in [2.24, 2.45) is 5.92 Å². The Morgan fingerprint density at radius 2 is 1.79 bits per heavy atom. The van der Waals surface area contributed by atoms with E-state index in [1.165, 1.54) is 12.0 Å². The van der Waals surface area contributed by atoms with E-state index >= 15 is 0 Å². The van der Waals surface area contributed by atoms with Gasteiger partial charge in [-0.15, -0.1) is 0 Å². The normalized spacial score (nSPS) is 27.0. The molecule has 2 amide bonds. The topological polar surface area (TPSA) is 79.0 Å². The molecule has 3 rings (SSSR count). The van der Waals surface area contributed by atoms with E-state index in [1.54, 1.807) is 36.3 Å². The Morgan fingerprint density at radius 1 is 1.17 bits per heavy atom. The monoisotopic (exact) mass is 331 g/mol. The Balaban J connectivity index is 1.91. The first-order valence-corrected chi connectivity index (χ1v) is 7.91. The fourth-order valence-electron chi connectivity index (χ4n) is 3.55. The highest BCUT2D eigenvalue weighted by Gasteiger charge is 2.58. The second-order valence-electron chi connectivity index (χ2n) is 6.44. The lowest BCUT2D eigenvalue weighted by atomic mass is 9.90. The first-order chi connectivity index (χ1) is 11.4. The van der Waals surface area contributed by atoms with Crippen LogP contribution in [0.5, 0.6) is 0 Å². The molecule has 1 aromatic carbocycles. The highest BCUT2D eigenvalue weighted by Crippen LogP contribution is 2.40. The van der Waals surface area contributed by atoms with Crippen molar-refractivity contribution in [1.29, 1.82) is 0 Å². The van der Waals surface area contributed by atoms with E-state index in [2.05, 4.69) is 5.43 Å². The zero-order chi connectivity index (χ0) is 17.6. The molecule has 24 heavy (non-hydrogen) atoms. The van der Waals surface area contributed by atoms with Crippen molar-refractivity contribution < 1.29 is 19.1 Å². The summed E-state index contributed by atoms with van der Waals surface area (Å²) in [6.45, 7) is 3.68. The molecular formula is C17H21N3O4. The van der Waals surface area contributed by atoms with E-state index in [4.69, 9.17) is 4.74 Å². The summed E-state index contributed by atoms with van der Waals surface area (Å²) in [5.41, 5.74) is 4.51. The molecule has 128 valence electrons. The summed E-state index contributed by atoms with van der Waals surface area (Å²) < 4.78 is 4.69. The fourth-order valence-corrected chi connectivity index (χ4v) is 3.55. The summed E-state index contributed by atoms with van der Waals surface area (Å²) in [5, 5.41) is 1.71. The van der Waals surface area contributed by atoms with Crippen molar-refractivity contribution in [3.8, 4) is 0 Å². The van der Waals surface area contributed by atoms with Crippen LogP contribution >= 0.6 is 0 Å². The molecule has 2 aliphatic heterocycles. The Labute approximate surface area is 140 Å². The predicted molar refractivity (Wildman–Crippen MR) is 85.7 cm³/mol. The molecule has 7 heteroatoms. The number of rotatable bonds is 3. The molecule has 0 aromatic heterocycles. The first-order valence-electron chi connectivity index (χ1n) is 7.91. The number of hydrogen-bond acceptors (Lipinski definition) is 6. The van der Waals surface area contributed by atoms with Gasteiger partial charge < -0.3 is 4.74 Å². The summed E-state index contributed by atoms with van der Waals surface area (Å²) in [4.78, 5) is 38.2. The van der Waals surface area contributed by atoms with E-state index in [0.717, 1.165) is 5.56 Å². The summed E-state index contributed by atoms with van der Waals surface area (Å²) in [6, 6.07) is 5.95. The second kappa shape index (κ2) is 5.99. The highest BCUT2D eigenvalue weighted by molar-refractivity contribution is 6.08. The average molecular weight is 331 g/mol. The van der Waals surface area contributed by atoms with E-state index in [-0.39, 0.29) is 23.9 Å². The van der Waals surface area contributed by atoms with Crippen molar-refractivity contribution in [1.82, 2.24) is 15.3 Å². The Morgan fingerprint density at radius 3 is 2.33 bits per heavy atom. The number of likely N-dealkylation sites (N-methyl/N-ethyl adjacent to an activating group) is 1. The molecule has 0 unspecified atom stereocenters. The standard InChI is InChI=1S/C17H21N3O4/c1-9(2)20-15(21)12-13(18-19(3)14(12)16(20)22)10-5-7-11(8-6-10)17(23)24-4/h5-9,12-14,18H,1-4H3/t12-,13+,14-/m0/s1. The van der Waals surface area contributed by atoms with E-state index in [0.29, 0.717) is 5.56 Å². The van der Waals surface area contributed by atoms with Crippen molar-refractivity contribution >= 4 is 17.8 Å². The maximum absolute atomic E-state index is 12.8. The van der Waals surface area contributed by atoms with Crippen LogP contribution in [-0.2, 0) is 14.3 Å². The van der Waals surface area contributed by atoms with Crippen LogP contribution in [0.1, 0.15) is 35.8 Å². The summed E-state index contributed by atoms with van der Waals surface area (Å²) in [6.07, 6.45) is 0. The number of amides is 2. The molecule has 7 nitrogen and oxygen atoms in total. The number of hydrogen-bond donors (Lipinski definition) is 1. The van der Waals surface area contributed by atoms with Gasteiger partial charge >= 0.3 is 5.97 Å². The third kappa shape index (κ3) is 2.40. The Kier molecular flexibility index (Phi) is 4.15. The lowest BCUT2D eigenvalue weighted by Crippen LogP contribution is -2.45. The molecule has 1 N–H and O–H groups in total. The molecule has 0 radical (unpaired) electrons. The van der Waals surface area contributed by atoms with Gasteiger partial charge in [0.1, 0.15) is 6.04 Å². The van der Waals surface area contributed by atoms with Gasteiger partial charge in [0.2, 0.25) is 11.8 Å². The van der Waals surface area contributed by atoms with Gasteiger partial charge in [-0.25, -0.2) is 15.2 Å². The molecule has 3 atom stereocenters. The molecule has 0 bridgehead atoms. The largest absolute Gasteiger partial charge is 0.465 e. The maximum Gasteiger partial charge on any atom is 0.337 e. The van der Waals surface area contributed by atoms with Crippen LogP contribution in [-0.4, -0.2) is 53.9 Å². The number of nitrogens with zero attached hydrogens (tertiary/aromatic N) is 2. The van der Waals surface area contributed by atoms with Gasteiger partial charge in [-0.3, -0.25) is 14.5 Å². The number of methoxy groups -OCH3 is 1. The Bertz CT molecular complexity index is 686. The molecule has 0 spiro atoms. The van der Waals surface area contributed by atoms with E-state index in [1.807, 2.05) is 13.8 Å². The van der Waals surface area contributed by atoms with Gasteiger partial charge in [-0.1, -0.05) is 12.1 Å². The first kappa shape index (κ1) is 16.6. The highest BCUT2D eigenvalue weighted by atomic mass is 16.5. The number of likely N-dealkylation sites (tertiary alicyclic amines) is 1. The van der Waals surface area contributed by atoms with E-state index < -0.39 is 17.9 Å². The quantitative estimate of drug-likeness (QED) is 0.650. The molecule has 0 aliphatic carbocycles. The van der Waals surface area contributed by atoms with Gasteiger partial charge in [0, 0.05) is 13.1 Å². The number of imide groups is 1. The minimum absolute atomic E-state index is 0.154. The van der Waals surface area contributed by atoms with Gasteiger partial charge in [-0.2, -0.15) is 0 Å². The van der Waals surface area contributed by atoms with Gasteiger partial charge in [0.25, 0.3) is 0 Å². The van der Waals surface area contributed by atoms with Crippen molar-refractivity contribution in [3.63, 3.8) is 0 Å². The molecule has 2 aliphatic rings. The predicted octanol–water partition coefficient (Wildman–Crippen LogP) is 0.726. The lowest BCUT2D eigenvalue weighted by molar-refractivity contribution is -0.143. The van der Waals surface area contributed by atoms with Crippen LogP contribution in [0.3, 0.4) is 0 Å². The van der Waals surface area contributed by atoms with Crippen LogP contribution < -0.4 is 5.43 Å². The number of carbonyl (C=O) groups is 3. The van der Waals surface area contributed by atoms with Crippen LogP contribution in [0.15, 0.2) is 24.3 Å². The van der Waals surface area contributed by atoms with Crippen molar-refractivity contribution in [3.05, 3.63) is 35.4 Å². The number of esters is 1. The zero-order valence-corrected chi connectivity index (χ0v) is 14.1.